The van der Waals surface area contributed by atoms with E-state index in [0.717, 1.165) is 69.9 Å². The molecule has 28 heavy (non-hydrogen) atoms. The Labute approximate surface area is 188 Å². The van der Waals surface area contributed by atoms with Gasteiger partial charge >= 0.3 is 0 Å². The second kappa shape index (κ2) is 12.4. The molecule has 7 nitrogen and oxygen atoms in total. The molecule has 0 saturated heterocycles. The standard InChI is InChI=1S/C19H30N6OS.HI/c1-2-18-24-22-14-25(18)12-11-21-19(20-10-9-17-4-3-13-27-17)23-15-5-7-16(26)8-6-15;/h3-4,13-16,26H,2,5-12H2,1H3,(H2,20,21,23);1H. The Morgan fingerprint density at radius 3 is 2.89 bits per heavy atom. The third kappa shape index (κ3) is 7.32. The topological polar surface area (TPSA) is 87.4 Å². The minimum Gasteiger partial charge on any atom is -0.393 e. The van der Waals surface area contributed by atoms with Gasteiger partial charge in [0.15, 0.2) is 5.96 Å². The maximum absolute atomic E-state index is 9.72. The van der Waals surface area contributed by atoms with Crippen molar-refractivity contribution in [3.05, 3.63) is 34.5 Å². The number of rotatable bonds is 8. The first-order valence-corrected chi connectivity index (χ1v) is 10.7. The van der Waals surface area contributed by atoms with Gasteiger partial charge in [-0.2, -0.15) is 0 Å². The molecule has 1 aliphatic carbocycles. The molecule has 3 rings (SSSR count). The van der Waals surface area contributed by atoms with Gasteiger partial charge in [-0.3, -0.25) is 4.99 Å². The van der Waals surface area contributed by atoms with Crippen LogP contribution < -0.4 is 10.6 Å². The average Bonchev–Trinajstić information content (AvgIpc) is 3.35. The number of aliphatic hydroxyl groups is 1. The highest BCUT2D eigenvalue weighted by molar-refractivity contribution is 14.0. The third-order valence-electron chi connectivity index (χ3n) is 4.90. The monoisotopic (exact) mass is 518 g/mol. The van der Waals surface area contributed by atoms with Gasteiger partial charge in [-0.1, -0.05) is 13.0 Å². The molecule has 2 aromatic rings. The van der Waals surface area contributed by atoms with Gasteiger partial charge < -0.3 is 20.3 Å². The van der Waals surface area contributed by atoms with E-state index in [1.165, 1.54) is 4.88 Å². The van der Waals surface area contributed by atoms with Crippen LogP contribution in [0, 0.1) is 0 Å². The highest BCUT2D eigenvalue weighted by atomic mass is 127. The Hall–Kier alpha value is -1.20. The summed E-state index contributed by atoms with van der Waals surface area (Å²) in [5.74, 6) is 1.86. The summed E-state index contributed by atoms with van der Waals surface area (Å²) in [6.07, 6.45) is 7.17. The molecule has 0 bridgehead atoms. The van der Waals surface area contributed by atoms with Crippen molar-refractivity contribution in [1.82, 2.24) is 25.4 Å². The molecular formula is C19H31IN6OS. The van der Waals surface area contributed by atoms with Crippen molar-refractivity contribution >= 4 is 41.3 Å². The number of nitrogens with one attached hydrogen (secondary N) is 2. The van der Waals surface area contributed by atoms with Crippen LogP contribution in [0.5, 0.6) is 0 Å². The van der Waals surface area contributed by atoms with Crippen LogP contribution in [0.25, 0.3) is 0 Å². The van der Waals surface area contributed by atoms with E-state index in [4.69, 9.17) is 4.99 Å². The summed E-state index contributed by atoms with van der Waals surface area (Å²) in [4.78, 5) is 6.13. The molecule has 9 heteroatoms. The van der Waals surface area contributed by atoms with E-state index in [2.05, 4.69) is 49.8 Å². The Kier molecular flexibility index (Phi) is 10.2. The highest BCUT2D eigenvalue weighted by Crippen LogP contribution is 2.18. The number of halogens is 1. The van der Waals surface area contributed by atoms with Crippen molar-refractivity contribution in [3.63, 3.8) is 0 Å². The molecule has 1 saturated carbocycles. The zero-order chi connectivity index (χ0) is 18.9. The van der Waals surface area contributed by atoms with Gasteiger partial charge in [0.2, 0.25) is 0 Å². The summed E-state index contributed by atoms with van der Waals surface area (Å²) in [6, 6.07) is 4.61. The smallest absolute Gasteiger partial charge is 0.191 e. The molecule has 1 aliphatic rings. The lowest BCUT2D eigenvalue weighted by molar-refractivity contribution is 0.120. The van der Waals surface area contributed by atoms with Crippen LogP contribution >= 0.6 is 35.3 Å². The van der Waals surface area contributed by atoms with Crippen LogP contribution in [0.15, 0.2) is 28.8 Å². The predicted molar refractivity (Wildman–Crippen MR) is 125 cm³/mol. The molecule has 0 radical (unpaired) electrons. The molecule has 0 atom stereocenters. The number of hydrogen-bond donors (Lipinski definition) is 3. The fourth-order valence-electron chi connectivity index (χ4n) is 3.33. The van der Waals surface area contributed by atoms with E-state index < -0.39 is 0 Å². The highest BCUT2D eigenvalue weighted by Gasteiger charge is 2.20. The third-order valence-corrected chi connectivity index (χ3v) is 5.84. The fraction of sp³-hybridized carbons (Fsp3) is 0.632. The lowest BCUT2D eigenvalue weighted by Gasteiger charge is -2.27. The lowest BCUT2D eigenvalue weighted by Crippen LogP contribution is -2.46. The van der Waals surface area contributed by atoms with E-state index >= 15 is 0 Å². The van der Waals surface area contributed by atoms with Gasteiger partial charge in [0.25, 0.3) is 0 Å². The number of aliphatic imine (C=N–C) groups is 1. The number of aromatic nitrogens is 3. The molecule has 2 heterocycles. The van der Waals surface area contributed by atoms with E-state index in [9.17, 15) is 5.11 Å². The summed E-state index contributed by atoms with van der Waals surface area (Å²) < 4.78 is 2.08. The van der Waals surface area contributed by atoms with Crippen LogP contribution in [0.2, 0.25) is 0 Å². The van der Waals surface area contributed by atoms with Gasteiger partial charge in [0.1, 0.15) is 12.2 Å². The number of hydrogen-bond acceptors (Lipinski definition) is 5. The van der Waals surface area contributed by atoms with Crippen LogP contribution in [0.3, 0.4) is 0 Å². The van der Waals surface area contributed by atoms with Crippen molar-refractivity contribution in [1.29, 1.82) is 0 Å². The predicted octanol–water partition coefficient (Wildman–Crippen LogP) is 2.60. The molecule has 0 aliphatic heterocycles. The SMILES string of the molecule is CCc1nncn1CCNC(=NCCc1cccs1)NC1CCC(O)CC1.I. The van der Waals surface area contributed by atoms with Crippen molar-refractivity contribution in [2.24, 2.45) is 4.99 Å². The molecule has 1 fully saturated rings. The normalized spacial score (nSPS) is 19.9. The number of thiophene rings is 1. The summed E-state index contributed by atoms with van der Waals surface area (Å²) in [7, 11) is 0. The summed E-state index contributed by atoms with van der Waals surface area (Å²) in [5, 5.41) is 26.9. The van der Waals surface area contributed by atoms with Crippen molar-refractivity contribution in [2.45, 2.75) is 64.1 Å². The van der Waals surface area contributed by atoms with Gasteiger partial charge in [-0.15, -0.1) is 45.5 Å². The maximum atomic E-state index is 9.72. The molecule has 156 valence electrons. The number of nitrogens with zero attached hydrogens (tertiary/aromatic N) is 4. The van der Waals surface area contributed by atoms with E-state index in [-0.39, 0.29) is 30.1 Å². The Morgan fingerprint density at radius 2 is 2.18 bits per heavy atom. The largest absolute Gasteiger partial charge is 0.393 e. The van der Waals surface area contributed by atoms with Crippen LogP contribution in [0.1, 0.15) is 43.3 Å². The Balaban J connectivity index is 0.00000280. The van der Waals surface area contributed by atoms with Crippen molar-refractivity contribution < 1.29 is 5.11 Å². The summed E-state index contributed by atoms with van der Waals surface area (Å²) in [6.45, 7) is 4.43. The maximum Gasteiger partial charge on any atom is 0.191 e. The van der Waals surface area contributed by atoms with Crippen molar-refractivity contribution in [3.8, 4) is 0 Å². The first-order valence-electron chi connectivity index (χ1n) is 9.86. The first kappa shape index (κ1) is 23.1. The number of guanidine groups is 1. The van der Waals surface area contributed by atoms with Crippen molar-refractivity contribution in [2.75, 3.05) is 13.1 Å². The van der Waals surface area contributed by atoms with Crippen LogP contribution in [-0.4, -0.2) is 51.1 Å². The lowest BCUT2D eigenvalue weighted by atomic mass is 9.93. The van der Waals surface area contributed by atoms with E-state index in [0.29, 0.717) is 6.04 Å². The molecular weight excluding hydrogens is 487 g/mol. The summed E-state index contributed by atoms with van der Waals surface area (Å²) >= 11 is 1.78. The zero-order valence-corrected chi connectivity index (χ0v) is 19.5. The Bertz CT molecular complexity index is 697. The Morgan fingerprint density at radius 1 is 1.36 bits per heavy atom. The second-order valence-corrected chi connectivity index (χ2v) is 7.96. The fourth-order valence-corrected chi connectivity index (χ4v) is 4.03. The zero-order valence-electron chi connectivity index (χ0n) is 16.4. The molecule has 2 aromatic heterocycles. The molecule has 3 N–H and O–H groups in total. The number of aryl methyl sites for hydroxylation is 1. The van der Waals surface area contributed by atoms with Gasteiger partial charge in [0.05, 0.1) is 6.10 Å². The molecule has 0 amide bonds. The first-order chi connectivity index (χ1) is 13.2. The van der Waals surface area contributed by atoms with Crippen LogP contribution in [-0.2, 0) is 19.4 Å². The minimum absolute atomic E-state index is 0. The quantitative estimate of drug-likeness (QED) is 0.284. The van der Waals surface area contributed by atoms with Gasteiger partial charge in [-0.05, 0) is 37.1 Å². The molecule has 0 spiro atoms. The van der Waals surface area contributed by atoms with Gasteiger partial charge in [-0.25, -0.2) is 0 Å². The molecule has 0 unspecified atom stereocenters. The number of aliphatic hydroxyl groups excluding tert-OH is 1. The van der Waals surface area contributed by atoms with Crippen LogP contribution in [0.4, 0.5) is 0 Å². The van der Waals surface area contributed by atoms with E-state index in [1.807, 2.05) is 0 Å². The van der Waals surface area contributed by atoms with Gasteiger partial charge in [0, 0.05) is 43.4 Å². The molecule has 0 aromatic carbocycles. The summed E-state index contributed by atoms with van der Waals surface area (Å²) in [5.41, 5.74) is 0. The average molecular weight is 518 g/mol. The van der Waals surface area contributed by atoms with E-state index in [1.54, 1.807) is 17.7 Å². The minimum atomic E-state index is -0.142. The second-order valence-electron chi connectivity index (χ2n) is 6.93.